The predicted octanol–water partition coefficient (Wildman–Crippen LogP) is 5.56. The van der Waals surface area contributed by atoms with E-state index in [-0.39, 0.29) is 0 Å². The van der Waals surface area contributed by atoms with Crippen molar-refractivity contribution in [3.63, 3.8) is 0 Å². The first-order valence-corrected chi connectivity index (χ1v) is 11.2. The molecule has 0 aliphatic rings. The third-order valence-electron chi connectivity index (χ3n) is 4.85. The Bertz CT molecular complexity index is 1230. The largest absolute Gasteiger partial charge is 0.465 e. The highest BCUT2D eigenvalue weighted by atomic mass is 32.1. The SMILES string of the molecule is COC(=O)c1c(NC(=S)Nc2cccc(Cn3cccn3)c2)sc(C)c1-c1ccccc1. The number of aromatic nitrogens is 2. The number of nitrogens with zero attached hydrogens (tertiary/aromatic N) is 2. The zero-order valence-electron chi connectivity index (χ0n) is 17.7. The van der Waals surface area contributed by atoms with Gasteiger partial charge >= 0.3 is 5.97 Å². The predicted molar refractivity (Wildman–Crippen MR) is 133 cm³/mol. The number of ether oxygens (including phenoxy) is 1. The molecule has 0 bridgehead atoms. The molecule has 4 rings (SSSR count). The lowest BCUT2D eigenvalue weighted by molar-refractivity contribution is 0.0603. The molecule has 32 heavy (non-hydrogen) atoms. The summed E-state index contributed by atoms with van der Waals surface area (Å²) in [7, 11) is 1.38. The van der Waals surface area contributed by atoms with Crippen LogP contribution in [0.15, 0.2) is 73.1 Å². The Morgan fingerprint density at radius 1 is 1.12 bits per heavy atom. The van der Waals surface area contributed by atoms with E-state index in [1.54, 1.807) is 6.20 Å². The molecule has 0 fully saturated rings. The summed E-state index contributed by atoms with van der Waals surface area (Å²) in [6, 6.07) is 19.7. The van der Waals surface area contributed by atoms with Crippen LogP contribution in [0.25, 0.3) is 11.1 Å². The first-order valence-electron chi connectivity index (χ1n) is 9.96. The number of hydrogen-bond acceptors (Lipinski definition) is 5. The summed E-state index contributed by atoms with van der Waals surface area (Å²) in [6.07, 6.45) is 3.68. The molecule has 0 aliphatic carbocycles. The molecule has 4 aromatic rings. The smallest absolute Gasteiger partial charge is 0.341 e. The standard InChI is InChI=1S/C24H22N4O2S2/c1-16-20(18-9-4-3-5-10-18)21(23(29)30-2)22(32-16)27-24(31)26-19-11-6-8-17(14-19)15-28-13-7-12-25-28/h3-14H,15H2,1-2H3,(H2,26,27,31). The zero-order valence-corrected chi connectivity index (χ0v) is 19.3. The average Bonchev–Trinajstić information content (AvgIpc) is 3.41. The molecule has 2 heterocycles. The number of benzene rings is 2. The number of esters is 1. The van der Waals surface area contributed by atoms with Crippen molar-refractivity contribution < 1.29 is 9.53 Å². The Labute approximate surface area is 195 Å². The van der Waals surface area contributed by atoms with Crippen molar-refractivity contribution in [3.8, 4) is 11.1 Å². The van der Waals surface area contributed by atoms with Crippen LogP contribution >= 0.6 is 23.6 Å². The van der Waals surface area contributed by atoms with Gasteiger partial charge in [0.25, 0.3) is 0 Å². The summed E-state index contributed by atoms with van der Waals surface area (Å²) in [4.78, 5) is 13.7. The molecule has 6 nitrogen and oxygen atoms in total. The number of hydrogen-bond donors (Lipinski definition) is 2. The van der Waals surface area contributed by atoms with Gasteiger partial charge in [0.05, 0.1) is 13.7 Å². The van der Waals surface area contributed by atoms with E-state index < -0.39 is 5.97 Å². The van der Waals surface area contributed by atoms with E-state index in [1.165, 1.54) is 18.4 Å². The van der Waals surface area contributed by atoms with Crippen molar-refractivity contribution in [2.75, 3.05) is 17.7 Å². The Morgan fingerprint density at radius 3 is 2.66 bits per heavy atom. The Kier molecular flexibility index (Phi) is 6.63. The first kappa shape index (κ1) is 21.7. The highest BCUT2D eigenvalue weighted by molar-refractivity contribution is 7.80. The van der Waals surface area contributed by atoms with Gasteiger partial charge in [-0.1, -0.05) is 42.5 Å². The number of thiocarbonyl (C=S) groups is 1. The minimum Gasteiger partial charge on any atom is -0.465 e. The third kappa shape index (κ3) is 4.87. The fourth-order valence-electron chi connectivity index (χ4n) is 3.48. The number of rotatable bonds is 6. The van der Waals surface area contributed by atoms with Crippen molar-refractivity contribution in [2.24, 2.45) is 0 Å². The number of carbonyl (C=O) groups is 1. The molecule has 2 aromatic heterocycles. The van der Waals surface area contributed by atoms with Crippen LogP contribution in [-0.4, -0.2) is 28.0 Å². The topological polar surface area (TPSA) is 68.2 Å². The number of thiophene rings is 1. The number of methoxy groups -OCH3 is 1. The summed E-state index contributed by atoms with van der Waals surface area (Å²) in [5.41, 5.74) is 4.24. The summed E-state index contributed by atoms with van der Waals surface area (Å²) in [6.45, 7) is 2.65. The lowest BCUT2D eigenvalue weighted by Crippen LogP contribution is -2.20. The van der Waals surface area contributed by atoms with E-state index in [0.717, 1.165) is 27.3 Å². The van der Waals surface area contributed by atoms with E-state index in [2.05, 4.69) is 15.7 Å². The molecule has 0 atom stereocenters. The normalized spacial score (nSPS) is 10.6. The second kappa shape index (κ2) is 9.76. The van der Waals surface area contributed by atoms with Crippen LogP contribution in [-0.2, 0) is 11.3 Å². The number of aryl methyl sites for hydroxylation is 1. The molecular weight excluding hydrogens is 440 g/mol. The Morgan fingerprint density at radius 2 is 1.94 bits per heavy atom. The minimum atomic E-state index is -0.403. The van der Waals surface area contributed by atoms with Crippen molar-refractivity contribution in [2.45, 2.75) is 13.5 Å². The molecular formula is C24H22N4O2S2. The first-order chi connectivity index (χ1) is 15.5. The summed E-state index contributed by atoms with van der Waals surface area (Å²) < 4.78 is 6.93. The summed E-state index contributed by atoms with van der Waals surface area (Å²) in [5, 5.41) is 11.7. The molecule has 0 saturated heterocycles. The molecule has 0 spiro atoms. The van der Waals surface area contributed by atoms with Gasteiger partial charge in [-0.25, -0.2) is 4.79 Å². The second-order valence-electron chi connectivity index (χ2n) is 7.08. The Hall–Kier alpha value is -3.49. The number of carbonyl (C=O) groups excluding carboxylic acids is 1. The highest BCUT2D eigenvalue weighted by Crippen LogP contribution is 2.40. The lowest BCUT2D eigenvalue weighted by atomic mass is 10.0. The van der Waals surface area contributed by atoms with Crippen LogP contribution in [0.3, 0.4) is 0 Å². The van der Waals surface area contributed by atoms with Crippen LogP contribution in [0.5, 0.6) is 0 Å². The number of nitrogens with one attached hydrogen (secondary N) is 2. The van der Waals surface area contributed by atoms with Crippen LogP contribution in [0.1, 0.15) is 20.8 Å². The van der Waals surface area contributed by atoms with Crippen LogP contribution in [0, 0.1) is 6.92 Å². The molecule has 0 saturated carbocycles. The molecule has 0 radical (unpaired) electrons. The quantitative estimate of drug-likeness (QED) is 0.289. The van der Waals surface area contributed by atoms with Crippen LogP contribution in [0.2, 0.25) is 0 Å². The zero-order chi connectivity index (χ0) is 22.5. The fraction of sp³-hybridized carbons (Fsp3) is 0.125. The van der Waals surface area contributed by atoms with E-state index in [0.29, 0.717) is 22.2 Å². The van der Waals surface area contributed by atoms with Gasteiger partial charge in [0.1, 0.15) is 10.6 Å². The molecule has 162 valence electrons. The van der Waals surface area contributed by atoms with Gasteiger partial charge in [-0.05, 0) is 48.5 Å². The van der Waals surface area contributed by atoms with E-state index in [1.807, 2.05) is 78.5 Å². The van der Waals surface area contributed by atoms with Crippen LogP contribution < -0.4 is 10.6 Å². The van der Waals surface area contributed by atoms with E-state index in [9.17, 15) is 4.79 Å². The second-order valence-corrected chi connectivity index (χ2v) is 8.71. The van der Waals surface area contributed by atoms with Crippen LogP contribution in [0.4, 0.5) is 10.7 Å². The molecule has 2 aromatic carbocycles. The maximum Gasteiger partial charge on any atom is 0.341 e. The van der Waals surface area contributed by atoms with Crippen molar-refractivity contribution >= 4 is 45.3 Å². The molecule has 0 unspecified atom stereocenters. The monoisotopic (exact) mass is 462 g/mol. The molecule has 2 N–H and O–H groups in total. The average molecular weight is 463 g/mol. The van der Waals surface area contributed by atoms with Crippen molar-refractivity contribution in [3.05, 3.63) is 89.1 Å². The van der Waals surface area contributed by atoms with Gasteiger partial charge in [0.15, 0.2) is 5.11 Å². The van der Waals surface area contributed by atoms with Crippen molar-refractivity contribution in [1.82, 2.24) is 9.78 Å². The van der Waals surface area contributed by atoms with Gasteiger partial charge in [-0.2, -0.15) is 5.10 Å². The van der Waals surface area contributed by atoms with Gasteiger partial charge in [-0.3, -0.25) is 4.68 Å². The molecule has 8 heteroatoms. The van der Waals surface area contributed by atoms with Gasteiger partial charge < -0.3 is 15.4 Å². The number of anilines is 2. The van der Waals surface area contributed by atoms with Gasteiger partial charge in [-0.15, -0.1) is 11.3 Å². The van der Waals surface area contributed by atoms with E-state index >= 15 is 0 Å². The fourth-order valence-corrected chi connectivity index (χ4v) is 4.83. The molecule has 0 aliphatic heterocycles. The third-order valence-corrected chi connectivity index (χ3v) is 6.08. The van der Waals surface area contributed by atoms with Crippen molar-refractivity contribution in [1.29, 1.82) is 0 Å². The lowest BCUT2D eigenvalue weighted by Gasteiger charge is -2.12. The highest BCUT2D eigenvalue weighted by Gasteiger charge is 2.24. The maximum atomic E-state index is 12.7. The Balaban J connectivity index is 1.55. The van der Waals surface area contributed by atoms with E-state index in [4.69, 9.17) is 17.0 Å². The minimum absolute atomic E-state index is 0.396. The summed E-state index contributed by atoms with van der Waals surface area (Å²) in [5.74, 6) is -0.403. The van der Waals surface area contributed by atoms with Gasteiger partial charge in [0, 0.05) is 28.5 Å². The maximum absolute atomic E-state index is 12.7. The molecule has 0 amide bonds. The van der Waals surface area contributed by atoms with Gasteiger partial charge in [0.2, 0.25) is 0 Å². The summed E-state index contributed by atoms with van der Waals surface area (Å²) >= 11 is 7.02.